The lowest BCUT2D eigenvalue weighted by molar-refractivity contribution is 0.748. The van der Waals surface area contributed by atoms with Gasteiger partial charge >= 0.3 is 0 Å². The molecule has 3 heterocycles. The Bertz CT molecular complexity index is 1330. The molecule has 5 aromatic rings. The lowest BCUT2D eigenvalue weighted by Crippen LogP contribution is -2.21. The van der Waals surface area contributed by atoms with Crippen LogP contribution in [0.5, 0.6) is 0 Å². The van der Waals surface area contributed by atoms with Crippen molar-refractivity contribution in [3.8, 4) is 11.1 Å². The third kappa shape index (κ3) is 2.79. The summed E-state index contributed by atoms with van der Waals surface area (Å²) < 4.78 is 3.65. The van der Waals surface area contributed by atoms with Crippen molar-refractivity contribution >= 4 is 16.6 Å². The second-order valence-corrected chi connectivity index (χ2v) is 6.51. The van der Waals surface area contributed by atoms with Crippen molar-refractivity contribution in [3.05, 3.63) is 101 Å². The van der Waals surface area contributed by atoms with Crippen LogP contribution in [0.1, 0.15) is 5.56 Å². The molecule has 5 nitrogen and oxygen atoms in total. The molecular formula is C22H16N4O. The molecule has 0 fully saturated rings. The molecule has 0 unspecified atom stereocenters. The molecule has 2 aromatic carbocycles. The van der Waals surface area contributed by atoms with Crippen molar-refractivity contribution in [2.45, 2.75) is 6.54 Å². The van der Waals surface area contributed by atoms with Crippen LogP contribution in [0.15, 0.2) is 90.4 Å². The van der Waals surface area contributed by atoms with E-state index in [0.29, 0.717) is 11.9 Å². The van der Waals surface area contributed by atoms with Gasteiger partial charge in [0.25, 0.3) is 5.56 Å². The maximum atomic E-state index is 12.7. The lowest BCUT2D eigenvalue weighted by Gasteiger charge is -2.09. The second kappa shape index (κ2) is 6.21. The number of hydrogen-bond donors (Lipinski definition) is 0. The SMILES string of the molecule is O=c1c2ccccc2ncn1Cc1cccc(-c2ccc3nccn3c2)c1. The highest BCUT2D eigenvalue weighted by molar-refractivity contribution is 5.76. The third-order valence-corrected chi connectivity index (χ3v) is 4.73. The molecule has 5 rings (SSSR count). The van der Waals surface area contributed by atoms with E-state index in [1.807, 2.05) is 53.1 Å². The predicted octanol–water partition coefficient (Wildman–Crippen LogP) is 3.76. The van der Waals surface area contributed by atoms with Crippen molar-refractivity contribution in [1.29, 1.82) is 0 Å². The van der Waals surface area contributed by atoms with Crippen LogP contribution in [0.4, 0.5) is 0 Å². The second-order valence-electron chi connectivity index (χ2n) is 6.51. The molecule has 0 aliphatic rings. The molecule has 0 spiro atoms. The summed E-state index contributed by atoms with van der Waals surface area (Å²) in [5.74, 6) is 0. The van der Waals surface area contributed by atoms with Gasteiger partial charge in [0.2, 0.25) is 0 Å². The van der Waals surface area contributed by atoms with Crippen molar-refractivity contribution in [2.24, 2.45) is 0 Å². The Morgan fingerprint density at radius 3 is 2.78 bits per heavy atom. The van der Waals surface area contributed by atoms with Crippen LogP contribution < -0.4 is 5.56 Å². The predicted molar refractivity (Wildman–Crippen MR) is 106 cm³/mol. The summed E-state index contributed by atoms with van der Waals surface area (Å²) in [6.45, 7) is 0.484. The number of nitrogens with zero attached hydrogens (tertiary/aromatic N) is 4. The molecule has 0 bridgehead atoms. The van der Waals surface area contributed by atoms with E-state index in [-0.39, 0.29) is 5.56 Å². The standard InChI is InChI=1S/C22H16N4O/c27-22-19-6-1-2-7-20(19)24-15-26(22)13-16-4-3-5-17(12-16)18-8-9-21-23-10-11-25(21)14-18/h1-12,14-15H,13H2. The molecule has 0 saturated heterocycles. The molecule has 0 N–H and O–H groups in total. The zero-order valence-corrected chi connectivity index (χ0v) is 14.5. The molecule has 3 aromatic heterocycles. The molecular weight excluding hydrogens is 336 g/mol. The average molecular weight is 352 g/mol. The summed E-state index contributed by atoms with van der Waals surface area (Å²) in [5.41, 5.74) is 4.88. The van der Waals surface area contributed by atoms with Gasteiger partial charge in [0, 0.05) is 18.6 Å². The Morgan fingerprint density at radius 2 is 1.81 bits per heavy atom. The topological polar surface area (TPSA) is 52.2 Å². The van der Waals surface area contributed by atoms with Crippen LogP contribution in [0, 0.1) is 0 Å². The highest BCUT2D eigenvalue weighted by atomic mass is 16.1. The van der Waals surface area contributed by atoms with Gasteiger partial charge in [-0.05, 0) is 47.0 Å². The number of pyridine rings is 1. The Hall–Kier alpha value is -3.73. The van der Waals surface area contributed by atoms with E-state index in [9.17, 15) is 4.79 Å². The normalized spacial score (nSPS) is 11.3. The summed E-state index contributed by atoms with van der Waals surface area (Å²) in [4.78, 5) is 21.4. The van der Waals surface area contributed by atoms with E-state index in [1.165, 1.54) is 0 Å². The minimum absolute atomic E-state index is 0.0224. The Morgan fingerprint density at radius 1 is 0.889 bits per heavy atom. The van der Waals surface area contributed by atoms with Gasteiger partial charge in [-0.2, -0.15) is 0 Å². The number of aromatic nitrogens is 4. The van der Waals surface area contributed by atoms with Crippen LogP contribution >= 0.6 is 0 Å². The first-order chi connectivity index (χ1) is 13.3. The highest BCUT2D eigenvalue weighted by Gasteiger charge is 2.06. The Kier molecular flexibility index (Phi) is 3.57. The van der Waals surface area contributed by atoms with Crippen LogP contribution in [-0.4, -0.2) is 18.9 Å². The van der Waals surface area contributed by atoms with Gasteiger partial charge in [0.05, 0.1) is 23.8 Å². The fourth-order valence-corrected chi connectivity index (χ4v) is 3.36. The molecule has 130 valence electrons. The van der Waals surface area contributed by atoms with Gasteiger partial charge < -0.3 is 4.40 Å². The molecule has 5 heteroatoms. The number of imidazole rings is 1. The Labute approximate surface area is 155 Å². The highest BCUT2D eigenvalue weighted by Crippen LogP contribution is 2.21. The van der Waals surface area contributed by atoms with Gasteiger partial charge in [0.1, 0.15) is 5.65 Å². The molecule has 0 aliphatic carbocycles. The lowest BCUT2D eigenvalue weighted by atomic mass is 10.0. The molecule has 0 amide bonds. The minimum atomic E-state index is -0.0224. The molecule has 0 aliphatic heterocycles. The largest absolute Gasteiger partial charge is 0.306 e. The molecule has 27 heavy (non-hydrogen) atoms. The van der Waals surface area contributed by atoms with Gasteiger partial charge in [-0.1, -0.05) is 30.3 Å². The first-order valence-electron chi connectivity index (χ1n) is 8.74. The summed E-state index contributed by atoms with van der Waals surface area (Å²) in [5, 5.41) is 0.640. The summed E-state index contributed by atoms with van der Waals surface area (Å²) >= 11 is 0. The zero-order chi connectivity index (χ0) is 18.2. The number of benzene rings is 2. The van der Waals surface area contributed by atoms with Crippen molar-refractivity contribution in [1.82, 2.24) is 18.9 Å². The zero-order valence-electron chi connectivity index (χ0n) is 14.5. The maximum Gasteiger partial charge on any atom is 0.261 e. The van der Waals surface area contributed by atoms with E-state index < -0.39 is 0 Å². The van der Waals surface area contributed by atoms with Gasteiger partial charge in [-0.15, -0.1) is 0 Å². The first-order valence-corrected chi connectivity index (χ1v) is 8.74. The third-order valence-electron chi connectivity index (χ3n) is 4.73. The fraction of sp³-hybridized carbons (Fsp3) is 0.0455. The first kappa shape index (κ1) is 15.5. The van der Waals surface area contributed by atoms with Crippen molar-refractivity contribution < 1.29 is 0 Å². The van der Waals surface area contributed by atoms with Gasteiger partial charge in [-0.3, -0.25) is 9.36 Å². The van der Waals surface area contributed by atoms with Crippen LogP contribution in [0.2, 0.25) is 0 Å². The fourth-order valence-electron chi connectivity index (χ4n) is 3.36. The van der Waals surface area contributed by atoms with Crippen LogP contribution in [0.3, 0.4) is 0 Å². The molecule has 0 atom stereocenters. The minimum Gasteiger partial charge on any atom is -0.306 e. The number of fused-ring (bicyclic) bond motifs is 2. The number of para-hydroxylation sites is 1. The van der Waals surface area contributed by atoms with E-state index in [1.54, 1.807) is 17.1 Å². The van der Waals surface area contributed by atoms with Crippen LogP contribution in [-0.2, 0) is 6.54 Å². The van der Waals surface area contributed by atoms with Gasteiger partial charge in [0.15, 0.2) is 0 Å². The molecule has 0 saturated carbocycles. The van der Waals surface area contributed by atoms with E-state index >= 15 is 0 Å². The summed E-state index contributed by atoms with van der Waals surface area (Å²) in [6.07, 6.45) is 7.40. The van der Waals surface area contributed by atoms with Crippen molar-refractivity contribution in [2.75, 3.05) is 0 Å². The number of rotatable bonds is 3. The summed E-state index contributed by atoms with van der Waals surface area (Å²) in [6, 6.07) is 19.7. The monoisotopic (exact) mass is 352 g/mol. The smallest absolute Gasteiger partial charge is 0.261 e. The molecule has 0 radical (unpaired) electrons. The van der Waals surface area contributed by atoms with Crippen LogP contribution in [0.25, 0.3) is 27.7 Å². The Balaban J connectivity index is 1.52. The number of hydrogen-bond acceptors (Lipinski definition) is 3. The van der Waals surface area contributed by atoms with E-state index in [0.717, 1.165) is 27.9 Å². The van der Waals surface area contributed by atoms with Gasteiger partial charge in [-0.25, -0.2) is 9.97 Å². The van der Waals surface area contributed by atoms with E-state index in [4.69, 9.17) is 0 Å². The van der Waals surface area contributed by atoms with Crippen molar-refractivity contribution in [3.63, 3.8) is 0 Å². The van der Waals surface area contributed by atoms with E-state index in [2.05, 4.69) is 34.4 Å². The average Bonchev–Trinajstić information content (AvgIpc) is 3.18. The maximum absolute atomic E-state index is 12.7. The quantitative estimate of drug-likeness (QED) is 0.497. The summed E-state index contributed by atoms with van der Waals surface area (Å²) in [7, 11) is 0.